The van der Waals surface area contributed by atoms with Crippen LogP contribution in [-0.2, 0) is 9.59 Å². The van der Waals surface area contributed by atoms with Crippen molar-refractivity contribution >= 4 is 45.1 Å². The van der Waals surface area contributed by atoms with Crippen LogP contribution in [0.4, 0.5) is 0 Å². The van der Waals surface area contributed by atoms with Crippen LogP contribution in [0.2, 0.25) is 0 Å². The molecular formula is C20H20N4O2S2. The van der Waals surface area contributed by atoms with Crippen molar-refractivity contribution in [3.05, 3.63) is 42.7 Å². The summed E-state index contributed by atoms with van der Waals surface area (Å²) in [7, 11) is 1.66. The van der Waals surface area contributed by atoms with E-state index in [9.17, 15) is 9.59 Å². The van der Waals surface area contributed by atoms with E-state index in [0.717, 1.165) is 38.5 Å². The number of nitrogens with zero attached hydrogens (tertiary/aromatic N) is 3. The molecule has 0 aliphatic heterocycles. The van der Waals surface area contributed by atoms with Crippen molar-refractivity contribution < 1.29 is 9.59 Å². The summed E-state index contributed by atoms with van der Waals surface area (Å²) in [5.41, 5.74) is 1.14. The van der Waals surface area contributed by atoms with Gasteiger partial charge in [-0.15, -0.1) is 11.3 Å². The van der Waals surface area contributed by atoms with E-state index in [-0.39, 0.29) is 24.1 Å². The molecule has 2 amide bonds. The standard InChI is InChI=1S/C20H20N4O2S2/c1-24(10-17(25)23-14-7-8-14)18(26)11-27-19-15-9-16(13-5-3-2-4-6-13)28-20(15)22-12-21-19/h2-6,9,12,14H,7-8,10-11H2,1H3,(H,23,25). The number of carbonyl (C=O) groups is 2. The number of thiophene rings is 1. The molecule has 0 radical (unpaired) electrons. The van der Waals surface area contributed by atoms with Crippen molar-refractivity contribution in [2.45, 2.75) is 23.9 Å². The Morgan fingerprint density at radius 3 is 2.79 bits per heavy atom. The predicted molar refractivity (Wildman–Crippen MR) is 112 cm³/mol. The van der Waals surface area contributed by atoms with Crippen LogP contribution in [0, 0.1) is 0 Å². The first-order chi connectivity index (χ1) is 13.6. The molecule has 1 aliphatic rings. The number of benzene rings is 1. The largest absolute Gasteiger partial charge is 0.352 e. The number of likely N-dealkylation sites (N-methyl/N-ethyl adjacent to an activating group) is 1. The number of hydrogen-bond acceptors (Lipinski definition) is 6. The van der Waals surface area contributed by atoms with E-state index in [1.165, 1.54) is 23.0 Å². The van der Waals surface area contributed by atoms with Gasteiger partial charge in [-0.3, -0.25) is 9.59 Å². The summed E-state index contributed by atoms with van der Waals surface area (Å²) < 4.78 is 0. The quantitative estimate of drug-likeness (QED) is 0.476. The fourth-order valence-electron chi connectivity index (χ4n) is 2.74. The summed E-state index contributed by atoms with van der Waals surface area (Å²) in [5, 5.41) is 4.64. The van der Waals surface area contributed by atoms with E-state index in [0.29, 0.717) is 6.04 Å². The third-order valence-corrected chi connectivity index (χ3v) is 6.51. The third kappa shape index (κ3) is 4.51. The van der Waals surface area contributed by atoms with Crippen LogP contribution in [0.15, 0.2) is 47.8 Å². The second-order valence-electron chi connectivity index (χ2n) is 6.75. The number of carbonyl (C=O) groups excluding carboxylic acids is 2. The lowest BCUT2D eigenvalue weighted by Gasteiger charge is -2.16. The van der Waals surface area contributed by atoms with Gasteiger partial charge in [0.1, 0.15) is 16.2 Å². The highest BCUT2D eigenvalue weighted by Gasteiger charge is 2.24. The Labute approximate surface area is 171 Å². The SMILES string of the molecule is CN(CC(=O)NC1CC1)C(=O)CSc1ncnc2sc(-c3ccccc3)cc12. The molecule has 1 aromatic carbocycles. The van der Waals surface area contributed by atoms with Gasteiger partial charge in [0.05, 0.1) is 12.3 Å². The van der Waals surface area contributed by atoms with E-state index in [1.54, 1.807) is 18.4 Å². The van der Waals surface area contributed by atoms with Gasteiger partial charge in [-0.2, -0.15) is 0 Å². The van der Waals surface area contributed by atoms with E-state index < -0.39 is 0 Å². The summed E-state index contributed by atoms with van der Waals surface area (Å²) in [6.45, 7) is 0.0890. The third-order valence-electron chi connectivity index (χ3n) is 4.43. The van der Waals surface area contributed by atoms with E-state index in [4.69, 9.17) is 0 Å². The molecule has 2 aromatic heterocycles. The Balaban J connectivity index is 1.42. The van der Waals surface area contributed by atoms with Gasteiger partial charge in [0.15, 0.2) is 0 Å². The minimum atomic E-state index is -0.0990. The first kappa shape index (κ1) is 18.9. The molecule has 1 N–H and O–H groups in total. The van der Waals surface area contributed by atoms with Gasteiger partial charge >= 0.3 is 0 Å². The molecule has 28 heavy (non-hydrogen) atoms. The van der Waals surface area contributed by atoms with Crippen LogP contribution in [0.1, 0.15) is 12.8 Å². The summed E-state index contributed by atoms with van der Waals surface area (Å²) in [4.78, 5) is 36.5. The molecule has 1 fully saturated rings. The smallest absolute Gasteiger partial charge is 0.239 e. The average Bonchev–Trinajstić information content (AvgIpc) is 3.40. The van der Waals surface area contributed by atoms with Gasteiger partial charge in [0.2, 0.25) is 11.8 Å². The minimum absolute atomic E-state index is 0.0890. The summed E-state index contributed by atoms with van der Waals surface area (Å²) in [6.07, 6.45) is 3.61. The van der Waals surface area contributed by atoms with Gasteiger partial charge in [-0.25, -0.2) is 9.97 Å². The molecule has 1 aliphatic carbocycles. The van der Waals surface area contributed by atoms with Crippen LogP contribution in [0.3, 0.4) is 0 Å². The molecule has 4 rings (SSSR count). The van der Waals surface area contributed by atoms with Crippen molar-refractivity contribution in [3.63, 3.8) is 0 Å². The molecule has 0 bridgehead atoms. The van der Waals surface area contributed by atoms with Crippen molar-refractivity contribution in [1.82, 2.24) is 20.2 Å². The average molecular weight is 413 g/mol. The van der Waals surface area contributed by atoms with Gasteiger partial charge in [0.25, 0.3) is 0 Å². The zero-order valence-corrected chi connectivity index (χ0v) is 17.1. The van der Waals surface area contributed by atoms with Crippen LogP contribution in [0.5, 0.6) is 0 Å². The molecule has 0 saturated heterocycles. The maximum absolute atomic E-state index is 12.4. The Bertz CT molecular complexity index is 1000. The van der Waals surface area contributed by atoms with Crippen LogP contribution < -0.4 is 5.32 Å². The van der Waals surface area contributed by atoms with Crippen molar-refractivity contribution in [2.24, 2.45) is 0 Å². The van der Waals surface area contributed by atoms with Crippen molar-refractivity contribution in [2.75, 3.05) is 19.3 Å². The van der Waals surface area contributed by atoms with E-state index in [2.05, 4.69) is 33.5 Å². The minimum Gasteiger partial charge on any atom is -0.352 e. The summed E-state index contributed by atoms with van der Waals surface area (Å²) >= 11 is 2.99. The monoisotopic (exact) mass is 412 g/mol. The maximum Gasteiger partial charge on any atom is 0.239 e. The van der Waals surface area contributed by atoms with Crippen molar-refractivity contribution in [1.29, 1.82) is 0 Å². The Hall–Kier alpha value is -2.45. The zero-order chi connectivity index (χ0) is 19.5. The van der Waals surface area contributed by atoms with Gasteiger partial charge in [0, 0.05) is 23.4 Å². The molecule has 6 nitrogen and oxygen atoms in total. The second-order valence-corrected chi connectivity index (χ2v) is 8.75. The molecule has 3 aromatic rings. The van der Waals surface area contributed by atoms with Gasteiger partial charge in [-0.1, -0.05) is 42.1 Å². The van der Waals surface area contributed by atoms with Crippen LogP contribution in [-0.4, -0.2) is 52.1 Å². The maximum atomic E-state index is 12.4. The number of rotatable bonds is 7. The molecule has 0 unspecified atom stereocenters. The first-order valence-electron chi connectivity index (χ1n) is 9.06. The number of fused-ring (bicyclic) bond motifs is 1. The lowest BCUT2D eigenvalue weighted by molar-refractivity contribution is -0.132. The summed E-state index contributed by atoms with van der Waals surface area (Å²) in [5.74, 6) is 0.0369. The van der Waals surface area contributed by atoms with Gasteiger partial charge < -0.3 is 10.2 Å². The Morgan fingerprint density at radius 2 is 2.04 bits per heavy atom. The number of nitrogens with one attached hydrogen (secondary N) is 1. The fourth-order valence-corrected chi connectivity index (χ4v) is 4.72. The number of hydrogen-bond donors (Lipinski definition) is 1. The molecule has 1 saturated carbocycles. The lowest BCUT2D eigenvalue weighted by atomic mass is 10.2. The van der Waals surface area contributed by atoms with Crippen LogP contribution >= 0.6 is 23.1 Å². The highest BCUT2D eigenvalue weighted by Crippen LogP contribution is 2.36. The first-order valence-corrected chi connectivity index (χ1v) is 10.9. The van der Waals surface area contributed by atoms with Crippen molar-refractivity contribution in [3.8, 4) is 10.4 Å². The van der Waals surface area contributed by atoms with Gasteiger partial charge in [-0.05, 0) is 24.5 Å². The number of thioether (sulfide) groups is 1. The van der Waals surface area contributed by atoms with E-state index >= 15 is 0 Å². The summed E-state index contributed by atoms with van der Waals surface area (Å²) in [6, 6.07) is 12.5. The number of aromatic nitrogens is 2. The fraction of sp³-hybridized carbons (Fsp3) is 0.300. The predicted octanol–water partition coefficient (Wildman–Crippen LogP) is 3.19. The number of amides is 2. The highest BCUT2D eigenvalue weighted by atomic mass is 32.2. The lowest BCUT2D eigenvalue weighted by Crippen LogP contribution is -2.39. The molecular weight excluding hydrogens is 392 g/mol. The van der Waals surface area contributed by atoms with Crippen LogP contribution in [0.25, 0.3) is 20.7 Å². The highest BCUT2D eigenvalue weighted by molar-refractivity contribution is 8.00. The Kier molecular flexibility index (Phi) is 5.59. The normalized spacial score (nSPS) is 13.5. The molecule has 0 spiro atoms. The van der Waals surface area contributed by atoms with E-state index in [1.807, 2.05) is 18.2 Å². The zero-order valence-electron chi connectivity index (χ0n) is 15.4. The molecule has 0 atom stereocenters. The molecule has 2 heterocycles. The molecule has 8 heteroatoms. The topological polar surface area (TPSA) is 75.2 Å². The second kappa shape index (κ2) is 8.28. The Morgan fingerprint density at radius 1 is 1.25 bits per heavy atom. The molecule has 144 valence electrons.